The lowest BCUT2D eigenvalue weighted by atomic mass is 10.4. The van der Waals surface area contributed by atoms with Crippen molar-refractivity contribution in [1.82, 2.24) is 0 Å². The first-order valence-corrected chi connectivity index (χ1v) is 8.85. The largest absolute Gasteiger partial charge is 0.165 e. The minimum Gasteiger partial charge on any atom is -0.165 e. The fourth-order valence-corrected chi connectivity index (χ4v) is 5.28. The van der Waals surface area contributed by atoms with Crippen LogP contribution in [0, 0.1) is 0 Å². The topological polar surface area (TPSA) is 0 Å². The van der Waals surface area contributed by atoms with Gasteiger partial charge in [-0.05, 0) is 43.3 Å². The minimum absolute atomic E-state index is 0.401. The van der Waals surface area contributed by atoms with E-state index in [2.05, 4.69) is 20.1 Å². The number of hydrogen-bond acceptors (Lipinski definition) is 1. The molecule has 0 N–H and O–H groups in total. The zero-order valence-corrected chi connectivity index (χ0v) is 11.2. The standard InChI is InChI=1S/C11H25PS/c1-4-6-8-12(9-7-5-2)10-11-13-3/h4-11H2,1-3H3. The van der Waals surface area contributed by atoms with E-state index in [0.717, 1.165) is 0 Å². The first kappa shape index (κ1) is 13.8. The molecule has 0 nitrogen and oxygen atoms in total. The predicted octanol–water partition coefficient (Wildman–Crippen LogP) is 4.43. The van der Waals surface area contributed by atoms with Crippen LogP contribution in [0.15, 0.2) is 0 Å². The number of thioether (sulfide) groups is 1. The molecule has 0 atom stereocenters. The van der Waals surface area contributed by atoms with Gasteiger partial charge in [0.1, 0.15) is 0 Å². The van der Waals surface area contributed by atoms with Crippen LogP contribution in [0.1, 0.15) is 39.5 Å². The molecule has 0 rings (SSSR count). The SMILES string of the molecule is CCCCP(CCCC)CCSC. The summed E-state index contributed by atoms with van der Waals surface area (Å²) in [6.07, 6.45) is 12.5. The van der Waals surface area contributed by atoms with Crippen molar-refractivity contribution in [2.75, 3.05) is 30.5 Å². The molecule has 0 fully saturated rings. The van der Waals surface area contributed by atoms with Crippen LogP contribution < -0.4 is 0 Å². The molecule has 13 heavy (non-hydrogen) atoms. The van der Waals surface area contributed by atoms with Crippen LogP contribution in [0.5, 0.6) is 0 Å². The van der Waals surface area contributed by atoms with Gasteiger partial charge in [0.25, 0.3) is 0 Å². The Bertz CT molecular complexity index is 77.1. The molecule has 0 amide bonds. The van der Waals surface area contributed by atoms with E-state index < -0.39 is 0 Å². The average Bonchev–Trinajstić information content (AvgIpc) is 2.17. The highest BCUT2D eigenvalue weighted by Crippen LogP contribution is 2.37. The highest BCUT2D eigenvalue weighted by atomic mass is 32.2. The molecule has 0 heterocycles. The zero-order valence-electron chi connectivity index (χ0n) is 9.51. The van der Waals surface area contributed by atoms with Gasteiger partial charge < -0.3 is 0 Å². The van der Waals surface area contributed by atoms with E-state index in [-0.39, 0.29) is 0 Å². The summed E-state index contributed by atoms with van der Waals surface area (Å²) in [7, 11) is 0.401. The Labute approximate surface area is 90.0 Å². The monoisotopic (exact) mass is 220 g/mol. The van der Waals surface area contributed by atoms with Gasteiger partial charge in [-0.3, -0.25) is 0 Å². The molecule has 0 aliphatic carbocycles. The normalized spacial score (nSPS) is 11.1. The van der Waals surface area contributed by atoms with Gasteiger partial charge in [-0.25, -0.2) is 0 Å². The highest BCUT2D eigenvalue weighted by molar-refractivity contribution is 7.98. The van der Waals surface area contributed by atoms with Crippen LogP contribution in [0.25, 0.3) is 0 Å². The van der Waals surface area contributed by atoms with Crippen molar-refractivity contribution in [2.45, 2.75) is 39.5 Å². The Hall–Kier alpha value is 0.780. The Kier molecular flexibility index (Phi) is 11.5. The predicted molar refractivity (Wildman–Crippen MR) is 69.7 cm³/mol. The Morgan fingerprint density at radius 3 is 1.85 bits per heavy atom. The molecule has 0 aromatic carbocycles. The fraction of sp³-hybridized carbons (Fsp3) is 1.00. The summed E-state index contributed by atoms with van der Waals surface area (Å²) in [5, 5.41) is 0. The van der Waals surface area contributed by atoms with Crippen LogP contribution in [-0.2, 0) is 0 Å². The highest BCUT2D eigenvalue weighted by Gasteiger charge is 2.05. The van der Waals surface area contributed by atoms with E-state index in [0.29, 0.717) is 7.92 Å². The third-order valence-corrected chi connectivity index (χ3v) is 5.94. The second kappa shape index (κ2) is 10.9. The quantitative estimate of drug-likeness (QED) is 0.518. The molecule has 2 heteroatoms. The molecule has 0 bridgehead atoms. The third-order valence-electron chi connectivity index (χ3n) is 2.27. The summed E-state index contributed by atoms with van der Waals surface area (Å²) in [6.45, 7) is 4.61. The molecule has 0 aromatic heterocycles. The van der Waals surface area contributed by atoms with Crippen molar-refractivity contribution in [3.05, 3.63) is 0 Å². The third kappa shape index (κ3) is 9.09. The van der Waals surface area contributed by atoms with E-state index in [1.807, 2.05) is 11.8 Å². The molecule has 0 aliphatic rings. The van der Waals surface area contributed by atoms with E-state index in [9.17, 15) is 0 Å². The molecule has 0 aromatic rings. The number of unbranched alkanes of at least 4 members (excludes halogenated alkanes) is 2. The maximum atomic E-state index is 2.31. The van der Waals surface area contributed by atoms with Gasteiger partial charge in [-0.15, -0.1) is 7.92 Å². The lowest BCUT2D eigenvalue weighted by molar-refractivity contribution is 0.867. The van der Waals surface area contributed by atoms with E-state index in [4.69, 9.17) is 0 Å². The summed E-state index contributed by atoms with van der Waals surface area (Å²) in [4.78, 5) is 0. The molecular weight excluding hydrogens is 195 g/mol. The molecule has 0 unspecified atom stereocenters. The molecule has 0 saturated carbocycles. The number of hydrogen-bond donors (Lipinski definition) is 0. The summed E-state index contributed by atoms with van der Waals surface area (Å²) < 4.78 is 0. The van der Waals surface area contributed by atoms with Crippen LogP contribution in [0.2, 0.25) is 0 Å². The van der Waals surface area contributed by atoms with Crippen LogP contribution in [-0.4, -0.2) is 30.5 Å². The Morgan fingerprint density at radius 2 is 1.46 bits per heavy atom. The van der Waals surface area contributed by atoms with Crippen molar-refractivity contribution in [2.24, 2.45) is 0 Å². The minimum atomic E-state index is 0.401. The fourth-order valence-electron chi connectivity index (χ4n) is 1.32. The van der Waals surface area contributed by atoms with Crippen molar-refractivity contribution in [1.29, 1.82) is 0 Å². The van der Waals surface area contributed by atoms with Gasteiger partial charge in [-0.2, -0.15) is 11.8 Å². The van der Waals surface area contributed by atoms with Crippen molar-refractivity contribution >= 4 is 19.7 Å². The van der Waals surface area contributed by atoms with Gasteiger partial charge >= 0.3 is 0 Å². The van der Waals surface area contributed by atoms with Gasteiger partial charge in [0.15, 0.2) is 0 Å². The smallest absolute Gasteiger partial charge is 0.00309 e. The summed E-state index contributed by atoms with van der Waals surface area (Å²) in [5.74, 6) is 1.39. The first-order valence-electron chi connectivity index (χ1n) is 5.56. The zero-order chi connectivity index (χ0) is 9.94. The van der Waals surface area contributed by atoms with E-state index in [1.54, 1.807) is 0 Å². The second-order valence-corrected chi connectivity index (χ2v) is 7.21. The van der Waals surface area contributed by atoms with Gasteiger partial charge in [0.2, 0.25) is 0 Å². The maximum absolute atomic E-state index is 2.31. The second-order valence-electron chi connectivity index (χ2n) is 3.54. The maximum Gasteiger partial charge on any atom is -0.00309 e. The van der Waals surface area contributed by atoms with Gasteiger partial charge in [0.05, 0.1) is 0 Å². The molecule has 0 aliphatic heterocycles. The Balaban J connectivity index is 3.47. The van der Waals surface area contributed by atoms with Crippen molar-refractivity contribution < 1.29 is 0 Å². The van der Waals surface area contributed by atoms with E-state index in [1.165, 1.54) is 49.9 Å². The van der Waals surface area contributed by atoms with Gasteiger partial charge in [-0.1, -0.05) is 26.7 Å². The van der Waals surface area contributed by atoms with Crippen molar-refractivity contribution in [3.8, 4) is 0 Å². The van der Waals surface area contributed by atoms with Crippen LogP contribution >= 0.6 is 19.7 Å². The molecule has 0 spiro atoms. The Morgan fingerprint density at radius 1 is 0.923 bits per heavy atom. The van der Waals surface area contributed by atoms with Gasteiger partial charge in [0, 0.05) is 0 Å². The summed E-state index contributed by atoms with van der Waals surface area (Å²) in [5.41, 5.74) is 0. The molecular formula is C11H25PS. The molecule has 0 saturated heterocycles. The van der Waals surface area contributed by atoms with Crippen LogP contribution in [0.3, 0.4) is 0 Å². The lowest BCUT2D eigenvalue weighted by Gasteiger charge is -2.16. The average molecular weight is 220 g/mol. The molecule has 0 radical (unpaired) electrons. The first-order chi connectivity index (χ1) is 6.35. The lowest BCUT2D eigenvalue weighted by Crippen LogP contribution is -1.97. The summed E-state index contributed by atoms with van der Waals surface area (Å²) in [6, 6.07) is 0. The number of rotatable bonds is 9. The molecule has 80 valence electrons. The van der Waals surface area contributed by atoms with Crippen LogP contribution in [0.4, 0.5) is 0 Å². The van der Waals surface area contributed by atoms with Crippen molar-refractivity contribution in [3.63, 3.8) is 0 Å². The van der Waals surface area contributed by atoms with E-state index >= 15 is 0 Å². The summed E-state index contributed by atoms with van der Waals surface area (Å²) >= 11 is 2.01.